The summed E-state index contributed by atoms with van der Waals surface area (Å²) in [5.41, 5.74) is 1.56. The lowest BCUT2D eigenvalue weighted by Crippen LogP contribution is -2.29. The van der Waals surface area contributed by atoms with Crippen LogP contribution in [0.25, 0.3) is 0 Å². The minimum atomic E-state index is -4.45. The van der Waals surface area contributed by atoms with Crippen molar-refractivity contribution in [3.63, 3.8) is 0 Å². The Labute approximate surface area is 188 Å². The third-order valence-corrected chi connectivity index (χ3v) is 7.02. The Morgan fingerprint density at radius 2 is 1.59 bits per heavy atom. The van der Waals surface area contributed by atoms with Crippen molar-refractivity contribution in [2.24, 2.45) is 0 Å². The van der Waals surface area contributed by atoms with Crippen LogP contribution in [0.4, 0.5) is 30.2 Å². The van der Waals surface area contributed by atoms with Crippen molar-refractivity contribution in [2.45, 2.75) is 17.5 Å². The van der Waals surface area contributed by atoms with Crippen LogP contribution >= 0.6 is 12.2 Å². The minimum absolute atomic E-state index is 0.0772. The number of thiocarbonyl (C=S) groups is 1. The Balaban J connectivity index is 1.45. The van der Waals surface area contributed by atoms with Gasteiger partial charge in [-0.05, 0) is 72.7 Å². The van der Waals surface area contributed by atoms with E-state index in [0.717, 1.165) is 17.7 Å². The smallest absolute Gasteiger partial charge is 0.332 e. The second-order valence-electron chi connectivity index (χ2n) is 7.14. The molecule has 0 fully saturated rings. The van der Waals surface area contributed by atoms with E-state index in [9.17, 15) is 21.6 Å². The van der Waals surface area contributed by atoms with Crippen LogP contribution in [0, 0.1) is 0 Å². The number of para-hydroxylation sites is 1. The van der Waals surface area contributed by atoms with E-state index < -0.39 is 21.8 Å². The summed E-state index contributed by atoms with van der Waals surface area (Å²) in [6, 6.07) is 18.1. The monoisotopic (exact) mass is 477 g/mol. The summed E-state index contributed by atoms with van der Waals surface area (Å²) in [5.74, 6) is 0. The first-order valence-electron chi connectivity index (χ1n) is 9.60. The molecule has 1 heterocycles. The Bertz CT molecular complexity index is 1260. The first kappa shape index (κ1) is 22.1. The Morgan fingerprint density at radius 3 is 2.31 bits per heavy atom. The summed E-state index contributed by atoms with van der Waals surface area (Å²) in [4.78, 5) is 0.136. The summed E-state index contributed by atoms with van der Waals surface area (Å²) in [6.07, 6.45) is -3.80. The number of alkyl halides is 3. The standard InChI is InChI=1S/C22H18F3N3O2S2/c23-22(24,25)16-5-3-6-18(14-16)27-21(31)26-17-8-10-19(11-9-17)32(29,30)28-13-12-15-4-1-2-7-20(15)28/h1-11,14H,12-13H2,(H2,26,27,31). The Morgan fingerprint density at radius 1 is 0.906 bits per heavy atom. The van der Waals surface area contributed by atoms with E-state index in [-0.39, 0.29) is 15.7 Å². The van der Waals surface area contributed by atoms with Gasteiger partial charge in [-0.15, -0.1) is 0 Å². The van der Waals surface area contributed by atoms with Crippen molar-refractivity contribution in [1.82, 2.24) is 0 Å². The summed E-state index contributed by atoms with van der Waals surface area (Å²) in [5, 5.41) is 5.62. The van der Waals surface area contributed by atoms with Gasteiger partial charge >= 0.3 is 6.18 Å². The largest absolute Gasteiger partial charge is 0.416 e. The van der Waals surface area contributed by atoms with Crippen LogP contribution in [0.1, 0.15) is 11.1 Å². The van der Waals surface area contributed by atoms with Gasteiger partial charge in [0.2, 0.25) is 0 Å². The molecule has 0 aliphatic carbocycles. The number of benzene rings is 3. The maximum absolute atomic E-state index is 13.1. The highest BCUT2D eigenvalue weighted by molar-refractivity contribution is 7.92. The molecule has 2 N–H and O–H groups in total. The molecule has 32 heavy (non-hydrogen) atoms. The average Bonchev–Trinajstić information content (AvgIpc) is 3.19. The van der Waals surface area contributed by atoms with Crippen LogP contribution in [0.5, 0.6) is 0 Å². The minimum Gasteiger partial charge on any atom is -0.332 e. The molecule has 3 aromatic rings. The summed E-state index contributed by atoms with van der Waals surface area (Å²) >= 11 is 5.16. The van der Waals surface area contributed by atoms with Gasteiger partial charge in [-0.25, -0.2) is 8.42 Å². The Hall–Kier alpha value is -3.11. The number of nitrogens with zero attached hydrogens (tertiary/aromatic N) is 1. The molecular formula is C22H18F3N3O2S2. The van der Waals surface area contributed by atoms with Crippen LogP contribution in [-0.4, -0.2) is 20.1 Å². The number of hydrogen-bond acceptors (Lipinski definition) is 3. The normalized spacial score (nSPS) is 13.5. The number of anilines is 3. The first-order valence-corrected chi connectivity index (χ1v) is 11.5. The number of rotatable bonds is 4. The van der Waals surface area contributed by atoms with E-state index in [1.165, 1.54) is 28.6 Å². The van der Waals surface area contributed by atoms with Gasteiger partial charge in [-0.3, -0.25) is 4.31 Å². The number of sulfonamides is 1. The zero-order valence-electron chi connectivity index (χ0n) is 16.6. The van der Waals surface area contributed by atoms with Crippen molar-refractivity contribution < 1.29 is 21.6 Å². The molecule has 0 radical (unpaired) electrons. The maximum Gasteiger partial charge on any atom is 0.416 e. The summed E-state index contributed by atoms with van der Waals surface area (Å²) in [7, 11) is -3.71. The van der Waals surface area contributed by atoms with Crippen molar-refractivity contribution in [3.8, 4) is 0 Å². The van der Waals surface area contributed by atoms with Crippen LogP contribution in [-0.2, 0) is 22.6 Å². The molecule has 0 aromatic heterocycles. The molecule has 0 spiro atoms. The van der Waals surface area contributed by atoms with Gasteiger partial charge < -0.3 is 10.6 Å². The quantitative estimate of drug-likeness (QED) is 0.502. The molecule has 1 aliphatic rings. The van der Waals surface area contributed by atoms with Gasteiger partial charge in [0.25, 0.3) is 10.0 Å². The van der Waals surface area contributed by atoms with Crippen molar-refractivity contribution in [3.05, 3.63) is 83.9 Å². The van der Waals surface area contributed by atoms with E-state index in [1.807, 2.05) is 12.1 Å². The van der Waals surface area contributed by atoms with Gasteiger partial charge in [-0.1, -0.05) is 24.3 Å². The van der Waals surface area contributed by atoms with Gasteiger partial charge in [0.1, 0.15) is 0 Å². The maximum atomic E-state index is 13.1. The second kappa shape index (κ2) is 8.44. The lowest BCUT2D eigenvalue weighted by atomic mass is 10.2. The number of fused-ring (bicyclic) bond motifs is 1. The van der Waals surface area contributed by atoms with Crippen LogP contribution < -0.4 is 14.9 Å². The molecule has 0 amide bonds. The SMILES string of the molecule is O=S(=O)(c1ccc(NC(=S)Nc2cccc(C(F)(F)F)c2)cc1)N1CCc2ccccc21. The predicted molar refractivity (Wildman–Crippen MR) is 122 cm³/mol. The molecule has 0 unspecified atom stereocenters. The molecular weight excluding hydrogens is 459 g/mol. The third kappa shape index (κ3) is 4.56. The fourth-order valence-electron chi connectivity index (χ4n) is 3.46. The topological polar surface area (TPSA) is 61.4 Å². The van der Waals surface area contributed by atoms with Crippen LogP contribution in [0.15, 0.2) is 77.7 Å². The zero-order chi connectivity index (χ0) is 22.9. The first-order chi connectivity index (χ1) is 15.1. The Kier molecular flexibility index (Phi) is 5.83. The van der Waals surface area contributed by atoms with Crippen molar-refractivity contribution >= 4 is 44.4 Å². The fraction of sp³-hybridized carbons (Fsp3) is 0.136. The molecule has 0 saturated carbocycles. The molecule has 166 valence electrons. The second-order valence-corrected chi connectivity index (χ2v) is 9.41. The summed E-state index contributed by atoms with van der Waals surface area (Å²) < 4.78 is 66.1. The molecule has 5 nitrogen and oxygen atoms in total. The average molecular weight is 478 g/mol. The van der Waals surface area contributed by atoms with Crippen LogP contribution in [0.2, 0.25) is 0 Å². The highest BCUT2D eigenvalue weighted by Gasteiger charge is 2.31. The number of nitrogens with one attached hydrogen (secondary N) is 2. The van der Waals surface area contributed by atoms with Crippen molar-refractivity contribution in [2.75, 3.05) is 21.5 Å². The van der Waals surface area contributed by atoms with Gasteiger partial charge in [0.05, 0.1) is 16.1 Å². The molecule has 0 atom stereocenters. The zero-order valence-corrected chi connectivity index (χ0v) is 18.2. The lowest BCUT2D eigenvalue weighted by Gasteiger charge is -2.20. The number of hydrogen-bond donors (Lipinski definition) is 2. The van der Waals surface area contributed by atoms with Gasteiger partial charge in [0.15, 0.2) is 5.11 Å². The van der Waals surface area contributed by atoms with Crippen LogP contribution in [0.3, 0.4) is 0 Å². The van der Waals surface area contributed by atoms with Gasteiger partial charge in [0, 0.05) is 17.9 Å². The molecule has 0 bridgehead atoms. The fourth-order valence-corrected chi connectivity index (χ4v) is 5.20. The van der Waals surface area contributed by atoms with Gasteiger partial charge in [-0.2, -0.15) is 13.2 Å². The lowest BCUT2D eigenvalue weighted by molar-refractivity contribution is -0.137. The molecule has 3 aromatic carbocycles. The van der Waals surface area contributed by atoms with E-state index in [0.29, 0.717) is 24.3 Å². The molecule has 4 rings (SSSR count). The highest BCUT2D eigenvalue weighted by atomic mass is 32.2. The van der Waals surface area contributed by atoms with Crippen molar-refractivity contribution in [1.29, 1.82) is 0 Å². The van der Waals surface area contributed by atoms with E-state index in [2.05, 4.69) is 10.6 Å². The molecule has 10 heteroatoms. The molecule has 1 aliphatic heterocycles. The third-order valence-electron chi connectivity index (χ3n) is 4.99. The van der Waals surface area contributed by atoms with E-state index in [4.69, 9.17) is 12.2 Å². The summed E-state index contributed by atoms with van der Waals surface area (Å²) in [6.45, 7) is 0.382. The highest BCUT2D eigenvalue weighted by Crippen LogP contribution is 2.33. The molecule has 0 saturated heterocycles. The number of halogens is 3. The van der Waals surface area contributed by atoms with E-state index >= 15 is 0 Å². The van der Waals surface area contributed by atoms with E-state index in [1.54, 1.807) is 24.3 Å². The predicted octanol–water partition coefficient (Wildman–Crippen LogP) is 5.27.